The summed E-state index contributed by atoms with van der Waals surface area (Å²) in [6, 6.07) is 15.9. The molecule has 0 unspecified atom stereocenters. The molecule has 5 heteroatoms. The highest BCUT2D eigenvalue weighted by molar-refractivity contribution is 6.03. The number of rotatable bonds is 3. The maximum absolute atomic E-state index is 13.1. The summed E-state index contributed by atoms with van der Waals surface area (Å²) in [7, 11) is 0. The van der Waals surface area contributed by atoms with Crippen molar-refractivity contribution in [1.29, 1.82) is 0 Å². The molecule has 5 nitrogen and oxygen atoms in total. The topological polar surface area (TPSA) is 55.8 Å². The van der Waals surface area contributed by atoms with Crippen LogP contribution >= 0.6 is 0 Å². The lowest BCUT2D eigenvalue weighted by Gasteiger charge is -2.25. The number of nitrogens with zero attached hydrogens (tertiary/aromatic N) is 1. The first-order chi connectivity index (χ1) is 13.2. The van der Waals surface area contributed by atoms with Gasteiger partial charge in [-0.25, -0.2) is 0 Å². The number of hydrogen-bond acceptors (Lipinski definition) is 4. The third kappa shape index (κ3) is 3.74. The van der Waals surface area contributed by atoms with Gasteiger partial charge < -0.3 is 9.47 Å². The summed E-state index contributed by atoms with van der Waals surface area (Å²) in [5.74, 6) is -0.699. The highest BCUT2D eigenvalue weighted by atomic mass is 16.5. The minimum Gasteiger partial charge on any atom is -0.455 e. The highest BCUT2D eigenvalue weighted by Gasteiger charge is 2.28. The largest absolute Gasteiger partial charge is 0.455 e. The quantitative estimate of drug-likeness (QED) is 0.782. The predicted molar refractivity (Wildman–Crippen MR) is 102 cm³/mol. The van der Waals surface area contributed by atoms with E-state index in [9.17, 15) is 9.59 Å². The molecule has 1 fully saturated rings. The normalized spacial score (nSPS) is 16.8. The average molecular weight is 365 g/mol. The minimum atomic E-state index is -0.303. The van der Waals surface area contributed by atoms with Crippen LogP contribution in [0.4, 0.5) is 11.4 Å². The molecule has 2 heterocycles. The Morgan fingerprint density at radius 2 is 1.48 bits per heavy atom. The molecule has 2 aliphatic rings. The molecule has 1 amide bonds. The van der Waals surface area contributed by atoms with Crippen LogP contribution in [0.5, 0.6) is 0 Å². The number of aryl methyl sites for hydroxylation is 2. The van der Waals surface area contributed by atoms with Crippen LogP contribution in [0, 0.1) is 5.92 Å². The van der Waals surface area contributed by atoms with E-state index in [1.807, 2.05) is 36.4 Å². The molecule has 4 rings (SSSR count). The molecular weight excluding hydrogens is 342 g/mol. The zero-order chi connectivity index (χ0) is 18.6. The first-order valence-electron chi connectivity index (χ1n) is 9.47. The Balaban J connectivity index is 1.56. The Kier molecular flexibility index (Phi) is 5.21. The lowest BCUT2D eigenvalue weighted by atomic mass is 10.0. The van der Waals surface area contributed by atoms with Gasteiger partial charge in [0.2, 0.25) is 0 Å². The maximum Gasteiger partial charge on any atom is 0.309 e. The van der Waals surface area contributed by atoms with Crippen molar-refractivity contribution >= 4 is 23.3 Å². The summed E-state index contributed by atoms with van der Waals surface area (Å²) in [4.78, 5) is 27.1. The first-order valence-corrected chi connectivity index (χ1v) is 9.47. The van der Waals surface area contributed by atoms with Crippen LogP contribution in [0.15, 0.2) is 48.5 Å². The number of esters is 1. The minimum absolute atomic E-state index is 0.171. The van der Waals surface area contributed by atoms with Crippen molar-refractivity contribution in [2.45, 2.75) is 25.7 Å². The van der Waals surface area contributed by atoms with E-state index in [0.29, 0.717) is 26.1 Å². The van der Waals surface area contributed by atoms with E-state index in [1.165, 1.54) is 0 Å². The van der Waals surface area contributed by atoms with Gasteiger partial charge in [-0.3, -0.25) is 14.5 Å². The lowest BCUT2D eigenvalue weighted by Crippen LogP contribution is -2.33. The summed E-state index contributed by atoms with van der Waals surface area (Å²) in [6.07, 6.45) is 3.06. The van der Waals surface area contributed by atoms with Crippen molar-refractivity contribution in [2.75, 3.05) is 24.7 Å². The van der Waals surface area contributed by atoms with Crippen molar-refractivity contribution in [3.8, 4) is 0 Å². The summed E-state index contributed by atoms with van der Waals surface area (Å²) in [6.45, 7) is 0.889. The number of ether oxygens (including phenoxy) is 2. The predicted octanol–water partition coefficient (Wildman–Crippen LogP) is 3.42. The number of para-hydroxylation sites is 2. The van der Waals surface area contributed by atoms with Crippen LogP contribution in [0.1, 0.15) is 24.0 Å². The van der Waals surface area contributed by atoms with Crippen LogP contribution in [0.2, 0.25) is 0 Å². The Hall–Kier alpha value is -2.66. The van der Waals surface area contributed by atoms with Crippen molar-refractivity contribution < 1.29 is 19.1 Å². The van der Waals surface area contributed by atoms with Crippen LogP contribution in [-0.4, -0.2) is 31.7 Å². The van der Waals surface area contributed by atoms with Gasteiger partial charge in [-0.2, -0.15) is 0 Å². The van der Waals surface area contributed by atoms with E-state index in [1.54, 1.807) is 4.90 Å². The van der Waals surface area contributed by atoms with E-state index >= 15 is 0 Å². The molecule has 0 N–H and O–H groups in total. The van der Waals surface area contributed by atoms with Gasteiger partial charge in [0.25, 0.3) is 5.91 Å². The van der Waals surface area contributed by atoms with Crippen LogP contribution in [0.25, 0.3) is 0 Å². The van der Waals surface area contributed by atoms with Gasteiger partial charge in [0.1, 0.15) is 0 Å². The zero-order valence-electron chi connectivity index (χ0n) is 15.2. The lowest BCUT2D eigenvalue weighted by molar-refractivity contribution is -0.154. The van der Waals surface area contributed by atoms with Gasteiger partial charge in [-0.15, -0.1) is 0 Å². The Morgan fingerprint density at radius 1 is 0.926 bits per heavy atom. The van der Waals surface area contributed by atoms with Crippen LogP contribution in [-0.2, 0) is 31.9 Å². The first kappa shape index (κ1) is 17.7. The standard InChI is InChI=1S/C22H23NO4/c24-21(15-27-22(25)18-11-13-26-14-12-18)23-19-7-3-1-5-16(19)9-10-17-6-2-4-8-20(17)23/h1-8,18H,9-15H2. The number of anilines is 2. The van der Waals surface area contributed by atoms with Gasteiger partial charge in [-0.1, -0.05) is 36.4 Å². The zero-order valence-corrected chi connectivity index (χ0v) is 15.2. The van der Waals surface area contributed by atoms with Crippen molar-refractivity contribution in [3.63, 3.8) is 0 Å². The molecular formula is C22H23NO4. The fourth-order valence-electron chi connectivity index (χ4n) is 3.80. The summed E-state index contributed by atoms with van der Waals surface area (Å²) in [5, 5.41) is 0. The molecule has 2 aromatic carbocycles. The van der Waals surface area contributed by atoms with Crippen molar-refractivity contribution in [3.05, 3.63) is 59.7 Å². The molecule has 2 aliphatic heterocycles. The molecule has 27 heavy (non-hydrogen) atoms. The fourth-order valence-corrected chi connectivity index (χ4v) is 3.80. The molecule has 1 saturated heterocycles. The van der Waals surface area contributed by atoms with Crippen LogP contribution < -0.4 is 4.90 Å². The second kappa shape index (κ2) is 7.92. The Morgan fingerprint density at radius 3 is 2.07 bits per heavy atom. The third-order valence-corrected chi connectivity index (χ3v) is 5.27. The Labute approximate surface area is 158 Å². The molecule has 0 bridgehead atoms. The van der Waals surface area contributed by atoms with Gasteiger partial charge >= 0.3 is 5.97 Å². The van der Waals surface area contributed by atoms with Gasteiger partial charge in [0, 0.05) is 13.2 Å². The number of benzene rings is 2. The summed E-state index contributed by atoms with van der Waals surface area (Å²) in [5.41, 5.74) is 3.99. The fraction of sp³-hybridized carbons (Fsp3) is 0.364. The molecule has 0 aromatic heterocycles. The number of fused-ring (bicyclic) bond motifs is 2. The van der Waals surface area contributed by atoms with Gasteiger partial charge in [0.05, 0.1) is 17.3 Å². The maximum atomic E-state index is 13.1. The molecule has 0 spiro atoms. The average Bonchev–Trinajstić information content (AvgIpc) is 2.89. The van der Waals surface area contributed by atoms with Crippen LogP contribution in [0.3, 0.4) is 0 Å². The van der Waals surface area contributed by atoms with Crippen molar-refractivity contribution in [1.82, 2.24) is 0 Å². The van der Waals surface area contributed by atoms with E-state index in [4.69, 9.17) is 9.47 Å². The van der Waals surface area contributed by atoms with E-state index < -0.39 is 0 Å². The summed E-state index contributed by atoms with van der Waals surface area (Å²) >= 11 is 0. The molecule has 2 aromatic rings. The van der Waals surface area contributed by atoms with Gasteiger partial charge in [0.15, 0.2) is 6.61 Å². The SMILES string of the molecule is O=C(OCC(=O)N1c2ccccc2CCc2ccccc21)C1CCOCC1. The molecule has 0 atom stereocenters. The van der Waals surface area contributed by atoms with E-state index in [-0.39, 0.29) is 24.4 Å². The molecule has 140 valence electrons. The second-order valence-corrected chi connectivity index (χ2v) is 6.98. The monoisotopic (exact) mass is 365 g/mol. The summed E-state index contributed by atoms with van der Waals surface area (Å²) < 4.78 is 10.7. The number of amides is 1. The van der Waals surface area contributed by atoms with E-state index in [2.05, 4.69) is 12.1 Å². The van der Waals surface area contributed by atoms with Gasteiger partial charge in [-0.05, 0) is 48.9 Å². The molecule has 0 aliphatic carbocycles. The smallest absolute Gasteiger partial charge is 0.309 e. The third-order valence-electron chi connectivity index (χ3n) is 5.27. The van der Waals surface area contributed by atoms with Crippen molar-refractivity contribution in [2.24, 2.45) is 5.92 Å². The number of hydrogen-bond donors (Lipinski definition) is 0. The molecule has 0 saturated carbocycles. The van der Waals surface area contributed by atoms with E-state index in [0.717, 1.165) is 35.3 Å². The Bertz CT molecular complexity index is 794. The highest BCUT2D eigenvalue weighted by Crippen LogP contribution is 2.36. The number of carbonyl (C=O) groups is 2. The second-order valence-electron chi connectivity index (χ2n) is 6.98. The molecule has 0 radical (unpaired) electrons. The number of carbonyl (C=O) groups excluding carboxylic acids is 2.